The number of hydrazone groups is 1. The molecule has 8 nitrogen and oxygen atoms in total. The summed E-state index contributed by atoms with van der Waals surface area (Å²) in [5, 5.41) is 6.57. The molecule has 1 aromatic heterocycles. The van der Waals surface area contributed by atoms with Gasteiger partial charge in [0.1, 0.15) is 5.75 Å². The Morgan fingerprint density at radius 1 is 0.971 bits per heavy atom. The van der Waals surface area contributed by atoms with E-state index in [4.69, 9.17) is 30.5 Å². The highest BCUT2D eigenvalue weighted by Crippen LogP contribution is 2.38. The van der Waals surface area contributed by atoms with Gasteiger partial charge in [0, 0.05) is 16.1 Å². The van der Waals surface area contributed by atoms with E-state index >= 15 is 0 Å². The fourth-order valence-electron chi connectivity index (χ4n) is 3.34. The van der Waals surface area contributed by atoms with Gasteiger partial charge < -0.3 is 18.9 Å². The third-order valence-electron chi connectivity index (χ3n) is 5.04. The number of carbonyl (C=O) groups is 1. The van der Waals surface area contributed by atoms with Crippen LogP contribution >= 0.6 is 22.9 Å². The molecule has 0 radical (unpaired) electrons. The second-order valence-electron chi connectivity index (χ2n) is 7.16. The van der Waals surface area contributed by atoms with E-state index in [-0.39, 0.29) is 5.91 Å². The molecule has 0 unspecified atom stereocenters. The maximum Gasteiger partial charge on any atom is 0.280 e. The number of benzene rings is 3. The normalized spacial score (nSPS) is 11.0. The average molecular weight is 512 g/mol. The Labute approximate surface area is 211 Å². The van der Waals surface area contributed by atoms with Crippen LogP contribution in [0.2, 0.25) is 5.02 Å². The zero-order valence-corrected chi connectivity index (χ0v) is 21.0. The third-order valence-corrected chi connectivity index (χ3v) is 6.27. The van der Waals surface area contributed by atoms with Gasteiger partial charge in [-0.3, -0.25) is 4.79 Å². The Hall–Kier alpha value is -3.82. The first-order valence-corrected chi connectivity index (χ1v) is 11.6. The quantitative estimate of drug-likeness (QED) is 0.224. The number of hydrogen-bond acceptors (Lipinski definition) is 8. The lowest BCUT2D eigenvalue weighted by Crippen LogP contribution is -2.25. The van der Waals surface area contributed by atoms with Crippen LogP contribution in [0.15, 0.2) is 59.7 Å². The Morgan fingerprint density at radius 3 is 2.34 bits per heavy atom. The highest BCUT2D eigenvalue weighted by molar-refractivity contribution is 7.22. The molecule has 4 aromatic rings. The van der Waals surface area contributed by atoms with Crippen molar-refractivity contribution >= 4 is 50.4 Å². The van der Waals surface area contributed by atoms with Crippen LogP contribution in [0.5, 0.6) is 23.0 Å². The standard InChI is InChI=1S/C25H22ClN3O5S/c1-31-18-8-9-19-22(13-18)35-25(28-19)29(24(30)16-6-5-7-17(26)12-16)27-14-15-10-20(32-2)23(34-4)21(11-15)33-3/h5-14H,1-4H3/b27-14+. The molecule has 0 saturated heterocycles. The number of anilines is 1. The fourth-order valence-corrected chi connectivity index (χ4v) is 4.48. The lowest BCUT2D eigenvalue weighted by molar-refractivity contribution is 0.0988. The lowest BCUT2D eigenvalue weighted by Gasteiger charge is -2.15. The van der Waals surface area contributed by atoms with Gasteiger partial charge in [-0.05, 0) is 48.5 Å². The van der Waals surface area contributed by atoms with Gasteiger partial charge in [0.25, 0.3) is 5.91 Å². The van der Waals surface area contributed by atoms with Gasteiger partial charge in [-0.15, -0.1) is 0 Å². The van der Waals surface area contributed by atoms with E-state index in [0.717, 1.165) is 10.2 Å². The molecule has 1 heterocycles. The Balaban J connectivity index is 1.79. The SMILES string of the molecule is COc1ccc2nc(N(/N=C/c3cc(OC)c(OC)c(OC)c3)C(=O)c3cccc(Cl)c3)sc2c1. The van der Waals surface area contributed by atoms with E-state index in [9.17, 15) is 4.79 Å². The van der Waals surface area contributed by atoms with Crippen LogP contribution in [0.4, 0.5) is 5.13 Å². The second-order valence-corrected chi connectivity index (χ2v) is 8.61. The molecule has 3 aromatic carbocycles. The molecular formula is C25H22ClN3O5S. The number of amides is 1. The van der Waals surface area contributed by atoms with Crippen LogP contribution in [0.3, 0.4) is 0 Å². The number of hydrogen-bond donors (Lipinski definition) is 0. The highest BCUT2D eigenvalue weighted by Gasteiger charge is 2.22. The van der Waals surface area contributed by atoms with Crippen molar-refractivity contribution in [3.05, 3.63) is 70.7 Å². The maximum absolute atomic E-state index is 13.5. The van der Waals surface area contributed by atoms with Gasteiger partial charge in [-0.1, -0.05) is 29.0 Å². The number of rotatable bonds is 8. The van der Waals surface area contributed by atoms with Crippen molar-refractivity contribution in [2.75, 3.05) is 33.4 Å². The van der Waals surface area contributed by atoms with Crippen molar-refractivity contribution in [2.45, 2.75) is 0 Å². The van der Waals surface area contributed by atoms with Gasteiger partial charge in [0.15, 0.2) is 11.5 Å². The molecule has 0 atom stereocenters. The van der Waals surface area contributed by atoms with Gasteiger partial charge in [0.2, 0.25) is 10.9 Å². The predicted molar refractivity (Wildman–Crippen MR) is 138 cm³/mol. The van der Waals surface area contributed by atoms with Crippen LogP contribution < -0.4 is 24.0 Å². The molecule has 0 spiro atoms. The summed E-state index contributed by atoms with van der Waals surface area (Å²) in [7, 11) is 6.19. The van der Waals surface area contributed by atoms with Crippen molar-refractivity contribution in [1.29, 1.82) is 0 Å². The van der Waals surface area contributed by atoms with E-state index in [1.165, 1.54) is 43.9 Å². The molecule has 0 fully saturated rings. The first kappa shape index (κ1) is 24.3. The molecule has 35 heavy (non-hydrogen) atoms. The molecular weight excluding hydrogens is 490 g/mol. The topological polar surface area (TPSA) is 82.5 Å². The van der Waals surface area contributed by atoms with E-state index in [1.807, 2.05) is 18.2 Å². The summed E-state index contributed by atoms with van der Waals surface area (Å²) in [4.78, 5) is 18.1. The summed E-state index contributed by atoms with van der Waals surface area (Å²) in [6.45, 7) is 0. The number of aromatic nitrogens is 1. The van der Waals surface area contributed by atoms with Crippen LogP contribution in [-0.4, -0.2) is 45.5 Å². The minimum Gasteiger partial charge on any atom is -0.497 e. The molecule has 1 amide bonds. The zero-order chi connectivity index (χ0) is 24.9. The average Bonchev–Trinajstić information content (AvgIpc) is 3.30. The zero-order valence-electron chi connectivity index (χ0n) is 19.4. The third kappa shape index (κ3) is 5.16. The summed E-state index contributed by atoms with van der Waals surface area (Å²) in [5.41, 5.74) is 1.72. The number of fused-ring (bicyclic) bond motifs is 1. The van der Waals surface area contributed by atoms with E-state index in [0.29, 0.717) is 44.3 Å². The Kier molecular flexibility index (Phi) is 7.38. The number of thiazole rings is 1. The van der Waals surface area contributed by atoms with Crippen molar-refractivity contribution in [2.24, 2.45) is 5.10 Å². The monoisotopic (exact) mass is 511 g/mol. The van der Waals surface area contributed by atoms with Crippen LogP contribution in [0.1, 0.15) is 15.9 Å². The van der Waals surface area contributed by atoms with Crippen LogP contribution in [0, 0.1) is 0 Å². The van der Waals surface area contributed by atoms with E-state index in [1.54, 1.807) is 43.5 Å². The molecule has 180 valence electrons. The highest BCUT2D eigenvalue weighted by atomic mass is 35.5. The second kappa shape index (κ2) is 10.6. The van der Waals surface area contributed by atoms with E-state index < -0.39 is 0 Å². The number of methoxy groups -OCH3 is 4. The smallest absolute Gasteiger partial charge is 0.280 e. The van der Waals surface area contributed by atoms with E-state index in [2.05, 4.69) is 10.1 Å². The van der Waals surface area contributed by atoms with Crippen molar-refractivity contribution in [1.82, 2.24) is 4.98 Å². The van der Waals surface area contributed by atoms with Gasteiger partial charge in [-0.2, -0.15) is 10.1 Å². The number of nitrogens with zero attached hydrogens (tertiary/aromatic N) is 3. The number of ether oxygens (including phenoxy) is 4. The minimum absolute atomic E-state index is 0.372. The summed E-state index contributed by atoms with van der Waals surface area (Å²) < 4.78 is 22.4. The van der Waals surface area contributed by atoms with Crippen molar-refractivity contribution in [3.63, 3.8) is 0 Å². The first-order valence-electron chi connectivity index (χ1n) is 10.4. The lowest BCUT2D eigenvalue weighted by atomic mass is 10.2. The largest absolute Gasteiger partial charge is 0.497 e. The molecule has 0 aliphatic heterocycles. The van der Waals surface area contributed by atoms with Gasteiger partial charge in [-0.25, -0.2) is 4.98 Å². The fraction of sp³-hybridized carbons (Fsp3) is 0.160. The van der Waals surface area contributed by atoms with Crippen molar-refractivity contribution in [3.8, 4) is 23.0 Å². The predicted octanol–water partition coefficient (Wildman–Crippen LogP) is 5.67. The first-order chi connectivity index (χ1) is 17.0. The minimum atomic E-state index is -0.387. The number of carbonyl (C=O) groups excluding carboxylic acids is 1. The van der Waals surface area contributed by atoms with Gasteiger partial charge in [0.05, 0.1) is 44.9 Å². The molecule has 0 saturated carbocycles. The molecule has 0 N–H and O–H groups in total. The maximum atomic E-state index is 13.5. The number of halogens is 1. The molecule has 4 rings (SSSR count). The Bertz CT molecular complexity index is 1380. The molecule has 0 bridgehead atoms. The molecule has 0 aliphatic carbocycles. The summed E-state index contributed by atoms with van der Waals surface area (Å²) in [6.07, 6.45) is 1.53. The molecule has 0 aliphatic rings. The van der Waals surface area contributed by atoms with Gasteiger partial charge >= 0.3 is 0 Å². The summed E-state index contributed by atoms with van der Waals surface area (Å²) in [6, 6.07) is 15.6. The Morgan fingerprint density at radius 2 is 1.71 bits per heavy atom. The summed E-state index contributed by atoms with van der Waals surface area (Å²) in [5.74, 6) is 1.70. The van der Waals surface area contributed by atoms with Crippen LogP contribution in [-0.2, 0) is 0 Å². The molecule has 10 heteroatoms. The van der Waals surface area contributed by atoms with Crippen molar-refractivity contribution < 1.29 is 23.7 Å². The summed E-state index contributed by atoms with van der Waals surface area (Å²) >= 11 is 7.45. The van der Waals surface area contributed by atoms with Crippen LogP contribution in [0.25, 0.3) is 10.2 Å².